The molecule has 0 bridgehead atoms. The van der Waals surface area contributed by atoms with Crippen LogP contribution < -0.4 is 10.8 Å². The van der Waals surface area contributed by atoms with E-state index in [0.29, 0.717) is 11.2 Å². The van der Waals surface area contributed by atoms with Crippen molar-refractivity contribution in [1.29, 1.82) is 0 Å². The average Bonchev–Trinajstić information content (AvgIpc) is 3.12. The van der Waals surface area contributed by atoms with Crippen LogP contribution in [-0.2, 0) is 0 Å². The molecule has 0 spiro atoms. The van der Waals surface area contributed by atoms with Gasteiger partial charge in [0.2, 0.25) is 0 Å². The van der Waals surface area contributed by atoms with E-state index in [2.05, 4.69) is 17.4 Å². The van der Waals surface area contributed by atoms with Crippen LogP contribution in [0.4, 0.5) is 11.4 Å². The highest BCUT2D eigenvalue weighted by Gasteiger charge is 2.16. The molecule has 0 aliphatic heterocycles. The van der Waals surface area contributed by atoms with E-state index in [4.69, 9.17) is 4.42 Å². The Morgan fingerprint density at radius 2 is 1.34 bits per heavy atom. The van der Waals surface area contributed by atoms with E-state index >= 15 is 0 Å². The summed E-state index contributed by atoms with van der Waals surface area (Å²) in [5.74, 6) is 0. The molecule has 0 radical (unpaired) electrons. The molecule has 140 valence electrons. The van der Waals surface area contributed by atoms with Gasteiger partial charge in [0.25, 0.3) is 0 Å². The molecule has 0 unspecified atom stereocenters. The third-order valence-electron chi connectivity index (χ3n) is 5.12. The SMILES string of the molecule is OB(O)c1ccccc1Nc1ccccc1-c1ccc2oc3ccccc3c2c1. The quantitative estimate of drug-likeness (QED) is 0.397. The molecule has 0 aliphatic rings. The first-order valence-electron chi connectivity index (χ1n) is 9.43. The zero-order valence-corrected chi connectivity index (χ0v) is 15.5. The Morgan fingerprint density at radius 3 is 2.21 bits per heavy atom. The zero-order chi connectivity index (χ0) is 19.8. The van der Waals surface area contributed by atoms with Crippen LogP contribution >= 0.6 is 0 Å². The Kier molecular flexibility index (Phi) is 4.32. The third-order valence-corrected chi connectivity index (χ3v) is 5.12. The third kappa shape index (κ3) is 3.16. The van der Waals surface area contributed by atoms with Crippen LogP contribution in [0.2, 0.25) is 0 Å². The predicted octanol–water partition coefficient (Wildman–Crippen LogP) is 4.68. The largest absolute Gasteiger partial charge is 0.490 e. The molecule has 0 saturated carbocycles. The van der Waals surface area contributed by atoms with Gasteiger partial charge in [0.15, 0.2) is 0 Å². The molecular formula is C24H18BNO3. The highest BCUT2D eigenvalue weighted by molar-refractivity contribution is 6.60. The Bertz CT molecular complexity index is 1330. The Labute approximate surface area is 168 Å². The van der Waals surface area contributed by atoms with Crippen molar-refractivity contribution in [2.24, 2.45) is 0 Å². The number of hydrogen-bond donors (Lipinski definition) is 3. The van der Waals surface area contributed by atoms with Gasteiger partial charge in [-0.25, -0.2) is 0 Å². The smallest absolute Gasteiger partial charge is 0.456 e. The standard InChI is InChI=1S/C24H18BNO3/c27-25(28)20-9-3-5-11-22(20)26-21-10-4-1-7-17(21)16-13-14-24-19(15-16)18-8-2-6-12-23(18)29-24/h1-15,26-28H. The molecule has 0 fully saturated rings. The summed E-state index contributed by atoms with van der Waals surface area (Å²) in [5.41, 5.74) is 5.76. The van der Waals surface area contributed by atoms with E-state index < -0.39 is 7.12 Å². The molecule has 5 aromatic rings. The first-order valence-corrected chi connectivity index (χ1v) is 9.43. The molecule has 4 nitrogen and oxygen atoms in total. The Balaban J connectivity index is 1.62. The van der Waals surface area contributed by atoms with Crippen LogP contribution in [0.5, 0.6) is 0 Å². The van der Waals surface area contributed by atoms with Crippen molar-refractivity contribution in [1.82, 2.24) is 0 Å². The van der Waals surface area contributed by atoms with Crippen LogP contribution in [0.1, 0.15) is 0 Å². The molecular weight excluding hydrogens is 361 g/mol. The van der Waals surface area contributed by atoms with Gasteiger partial charge in [0.05, 0.1) is 0 Å². The van der Waals surface area contributed by atoms with E-state index in [1.54, 1.807) is 12.1 Å². The van der Waals surface area contributed by atoms with Gasteiger partial charge in [-0.15, -0.1) is 0 Å². The molecule has 0 amide bonds. The fourth-order valence-corrected chi connectivity index (χ4v) is 3.72. The van der Waals surface area contributed by atoms with E-state index in [1.165, 1.54) is 0 Å². The second kappa shape index (κ2) is 7.13. The van der Waals surface area contributed by atoms with Crippen LogP contribution in [0.25, 0.3) is 33.1 Å². The summed E-state index contributed by atoms with van der Waals surface area (Å²) in [6.45, 7) is 0. The van der Waals surface area contributed by atoms with Gasteiger partial charge in [-0.05, 0) is 35.9 Å². The summed E-state index contributed by atoms with van der Waals surface area (Å²) in [6, 6.07) is 29.3. The van der Waals surface area contributed by atoms with E-state index in [9.17, 15) is 10.0 Å². The minimum Gasteiger partial charge on any atom is -0.456 e. The van der Waals surface area contributed by atoms with E-state index in [1.807, 2.05) is 66.7 Å². The molecule has 5 rings (SSSR count). The van der Waals surface area contributed by atoms with Gasteiger partial charge in [-0.2, -0.15) is 0 Å². The summed E-state index contributed by atoms with van der Waals surface area (Å²) < 4.78 is 5.94. The maximum atomic E-state index is 9.67. The van der Waals surface area contributed by atoms with Gasteiger partial charge in [-0.3, -0.25) is 0 Å². The van der Waals surface area contributed by atoms with Crippen molar-refractivity contribution in [3.63, 3.8) is 0 Å². The fourth-order valence-electron chi connectivity index (χ4n) is 3.72. The van der Waals surface area contributed by atoms with Crippen molar-refractivity contribution in [2.75, 3.05) is 5.32 Å². The number of para-hydroxylation sites is 3. The first kappa shape index (κ1) is 17.6. The molecule has 0 atom stereocenters. The highest BCUT2D eigenvalue weighted by atomic mass is 16.4. The number of fused-ring (bicyclic) bond motifs is 3. The minimum atomic E-state index is -1.54. The number of anilines is 2. The lowest BCUT2D eigenvalue weighted by Crippen LogP contribution is -2.31. The molecule has 4 aromatic carbocycles. The first-order chi connectivity index (χ1) is 14.2. The van der Waals surface area contributed by atoms with Crippen molar-refractivity contribution >= 4 is 45.9 Å². The number of rotatable bonds is 4. The maximum Gasteiger partial charge on any atom is 0.490 e. The summed E-state index contributed by atoms with van der Waals surface area (Å²) >= 11 is 0. The van der Waals surface area contributed by atoms with Crippen LogP contribution in [-0.4, -0.2) is 17.2 Å². The van der Waals surface area contributed by atoms with Gasteiger partial charge in [-0.1, -0.05) is 60.7 Å². The Morgan fingerprint density at radius 1 is 0.655 bits per heavy atom. The lowest BCUT2D eigenvalue weighted by atomic mass is 9.79. The summed E-state index contributed by atoms with van der Waals surface area (Å²) in [7, 11) is -1.54. The normalized spacial score (nSPS) is 11.1. The van der Waals surface area contributed by atoms with E-state index in [-0.39, 0.29) is 0 Å². The predicted molar refractivity (Wildman–Crippen MR) is 119 cm³/mol. The maximum absolute atomic E-state index is 9.67. The topological polar surface area (TPSA) is 65.6 Å². The fraction of sp³-hybridized carbons (Fsp3) is 0. The molecule has 0 aliphatic carbocycles. The molecule has 29 heavy (non-hydrogen) atoms. The number of hydrogen-bond acceptors (Lipinski definition) is 4. The summed E-state index contributed by atoms with van der Waals surface area (Å²) in [5, 5.41) is 24.9. The van der Waals surface area contributed by atoms with Crippen molar-refractivity contribution in [3.05, 3.63) is 91.0 Å². The van der Waals surface area contributed by atoms with Gasteiger partial charge in [0.1, 0.15) is 11.2 Å². The number of furan rings is 1. The van der Waals surface area contributed by atoms with Crippen molar-refractivity contribution < 1.29 is 14.5 Å². The second-order valence-electron chi connectivity index (χ2n) is 6.94. The van der Waals surface area contributed by atoms with Crippen molar-refractivity contribution in [2.45, 2.75) is 0 Å². The van der Waals surface area contributed by atoms with Gasteiger partial charge >= 0.3 is 7.12 Å². The highest BCUT2D eigenvalue weighted by Crippen LogP contribution is 2.35. The van der Waals surface area contributed by atoms with Crippen LogP contribution in [0, 0.1) is 0 Å². The Hall–Kier alpha value is -3.54. The average molecular weight is 379 g/mol. The zero-order valence-electron chi connectivity index (χ0n) is 15.5. The molecule has 5 heteroatoms. The van der Waals surface area contributed by atoms with Gasteiger partial charge < -0.3 is 19.8 Å². The summed E-state index contributed by atoms with van der Waals surface area (Å²) in [6.07, 6.45) is 0. The minimum absolute atomic E-state index is 0.429. The molecule has 3 N–H and O–H groups in total. The number of nitrogens with one attached hydrogen (secondary N) is 1. The van der Waals surface area contributed by atoms with Crippen LogP contribution in [0.15, 0.2) is 95.4 Å². The van der Waals surface area contributed by atoms with Crippen molar-refractivity contribution in [3.8, 4) is 11.1 Å². The molecule has 1 aromatic heterocycles. The second-order valence-corrected chi connectivity index (χ2v) is 6.94. The molecule has 1 heterocycles. The lowest BCUT2D eigenvalue weighted by Gasteiger charge is -2.15. The number of benzene rings is 4. The van der Waals surface area contributed by atoms with Gasteiger partial charge in [0, 0.05) is 33.2 Å². The van der Waals surface area contributed by atoms with Crippen LogP contribution in [0.3, 0.4) is 0 Å². The lowest BCUT2D eigenvalue weighted by molar-refractivity contribution is 0.426. The summed E-state index contributed by atoms with van der Waals surface area (Å²) in [4.78, 5) is 0. The molecule has 0 saturated heterocycles. The van der Waals surface area contributed by atoms with E-state index in [0.717, 1.165) is 38.8 Å². The monoisotopic (exact) mass is 379 g/mol.